The standard InChI is InChI=1S/C12H14ClNO3/c1-8(13)11(15)14-7-9-3-5-10(6-4-9)12(16)17-2/h3-6,8H,7H2,1-2H3,(H,14,15)/t8-/m1/s1. The van der Waals surface area contributed by atoms with Crippen LogP contribution in [0.15, 0.2) is 24.3 Å². The summed E-state index contributed by atoms with van der Waals surface area (Å²) in [6.07, 6.45) is 0. The number of alkyl halides is 1. The lowest BCUT2D eigenvalue weighted by atomic mass is 10.1. The zero-order valence-electron chi connectivity index (χ0n) is 9.70. The third kappa shape index (κ3) is 4.07. The summed E-state index contributed by atoms with van der Waals surface area (Å²) in [7, 11) is 1.33. The first-order valence-electron chi connectivity index (χ1n) is 5.13. The average Bonchev–Trinajstić information content (AvgIpc) is 2.35. The quantitative estimate of drug-likeness (QED) is 0.658. The molecule has 0 saturated heterocycles. The van der Waals surface area contributed by atoms with E-state index in [4.69, 9.17) is 11.6 Å². The van der Waals surface area contributed by atoms with Crippen LogP contribution in [0.5, 0.6) is 0 Å². The number of carbonyl (C=O) groups is 2. The Morgan fingerprint density at radius 3 is 2.41 bits per heavy atom. The van der Waals surface area contributed by atoms with Crippen molar-refractivity contribution in [3.8, 4) is 0 Å². The van der Waals surface area contributed by atoms with E-state index in [-0.39, 0.29) is 11.9 Å². The molecule has 0 aromatic heterocycles. The number of amides is 1. The SMILES string of the molecule is COC(=O)c1ccc(CNC(=O)[C@@H](C)Cl)cc1. The Labute approximate surface area is 105 Å². The van der Waals surface area contributed by atoms with Crippen LogP contribution in [0.1, 0.15) is 22.8 Å². The predicted octanol–water partition coefficient (Wildman–Crippen LogP) is 1.72. The van der Waals surface area contributed by atoms with Crippen LogP contribution in [0.3, 0.4) is 0 Å². The highest BCUT2D eigenvalue weighted by Crippen LogP contribution is 2.06. The van der Waals surface area contributed by atoms with E-state index in [1.165, 1.54) is 7.11 Å². The molecule has 0 spiro atoms. The van der Waals surface area contributed by atoms with Gasteiger partial charge in [-0.15, -0.1) is 11.6 Å². The third-order valence-corrected chi connectivity index (χ3v) is 2.40. The number of halogens is 1. The number of hydrogen-bond donors (Lipinski definition) is 1. The van der Waals surface area contributed by atoms with E-state index in [2.05, 4.69) is 10.1 Å². The second-order valence-electron chi connectivity index (χ2n) is 3.52. The van der Waals surface area contributed by atoms with Crippen molar-refractivity contribution in [1.29, 1.82) is 0 Å². The number of esters is 1. The largest absolute Gasteiger partial charge is 0.465 e. The molecule has 0 saturated carbocycles. The maximum absolute atomic E-state index is 11.2. The zero-order valence-corrected chi connectivity index (χ0v) is 10.5. The summed E-state index contributed by atoms with van der Waals surface area (Å²) in [5.41, 5.74) is 1.37. The fourth-order valence-corrected chi connectivity index (χ4v) is 1.28. The molecule has 5 heteroatoms. The van der Waals surface area contributed by atoms with Crippen LogP contribution >= 0.6 is 11.6 Å². The zero-order chi connectivity index (χ0) is 12.8. The lowest BCUT2D eigenvalue weighted by Gasteiger charge is -2.07. The van der Waals surface area contributed by atoms with Crippen molar-refractivity contribution < 1.29 is 14.3 Å². The molecular weight excluding hydrogens is 242 g/mol. The lowest BCUT2D eigenvalue weighted by Crippen LogP contribution is -2.29. The molecule has 1 N–H and O–H groups in total. The van der Waals surface area contributed by atoms with Gasteiger partial charge in [0, 0.05) is 6.54 Å². The minimum Gasteiger partial charge on any atom is -0.465 e. The predicted molar refractivity (Wildman–Crippen MR) is 64.9 cm³/mol. The van der Waals surface area contributed by atoms with Crippen molar-refractivity contribution >= 4 is 23.5 Å². The third-order valence-electron chi connectivity index (χ3n) is 2.20. The Bertz CT molecular complexity index is 401. The van der Waals surface area contributed by atoms with Crippen LogP contribution in [-0.4, -0.2) is 24.4 Å². The molecule has 4 nitrogen and oxygen atoms in total. The minimum atomic E-state index is -0.552. The molecule has 17 heavy (non-hydrogen) atoms. The molecular formula is C12H14ClNO3. The van der Waals surface area contributed by atoms with Crippen LogP contribution in [0.25, 0.3) is 0 Å². The molecule has 0 aliphatic carbocycles. The summed E-state index contributed by atoms with van der Waals surface area (Å²) in [6.45, 7) is 1.99. The van der Waals surface area contributed by atoms with Crippen molar-refractivity contribution in [2.24, 2.45) is 0 Å². The molecule has 1 rings (SSSR count). The second kappa shape index (κ2) is 6.25. The van der Waals surface area contributed by atoms with E-state index in [1.807, 2.05) is 0 Å². The maximum atomic E-state index is 11.2. The van der Waals surface area contributed by atoms with Crippen LogP contribution in [0.4, 0.5) is 0 Å². The summed E-state index contributed by atoms with van der Waals surface area (Å²) >= 11 is 5.61. The molecule has 0 radical (unpaired) electrons. The Hall–Kier alpha value is -1.55. The highest BCUT2D eigenvalue weighted by atomic mass is 35.5. The van der Waals surface area contributed by atoms with E-state index >= 15 is 0 Å². The van der Waals surface area contributed by atoms with Crippen molar-refractivity contribution in [3.63, 3.8) is 0 Å². The van der Waals surface area contributed by atoms with E-state index in [1.54, 1.807) is 31.2 Å². The van der Waals surface area contributed by atoms with Crippen molar-refractivity contribution in [3.05, 3.63) is 35.4 Å². The number of hydrogen-bond acceptors (Lipinski definition) is 3. The van der Waals surface area contributed by atoms with Gasteiger partial charge in [-0.05, 0) is 24.6 Å². The lowest BCUT2D eigenvalue weighted by molar-refractivity contribution is -0.120. The van der Waals surface area contributed by atoms with Gasteiger partial charge in [0.1, 0.15) is 5.38 Å². The molecule has 1 amide bonds. The molecule has 0 aliphatic heterocycles. The van der Waals surface area contributed by atoms with Crippen LogP contribution in [0.2, 0.25) is 0 Å². The minimum absolute atomic E-state index is 0.219. The molecule has 1 atom stereocenters. The Morgan fingerprint density at radius 1 is 1.35 bits per heavy atom. The number of carbonyl (C=O) groups excluding carboxylic acids is 2. The molecule has 0 bridgehead atoms. The number of methoxy groups -OCH3 is 1. The summed E-state index contributed by atoms with van der Waals surface area (Å²) < 4.78 is 4.58. The summed E-state index contributed by atoms with van der Waals surface area (Å²) in [6, 6.07) is 6.81. The van der Waals surface area contributed by atoms with Gasteiger partial charge in [0.2, 0.25) is 5.91 Å². The Kier molecular flexibility index (Phi) is 4.97. The number of benzene rings is 1. The topological polar surface area (TPSA) is 55.4 Å². The van der Waals surface area contributed by atoms with Crippen LogP contribution in [-0.2, 0) is 16.1 Å². The monoisotopic (exact) mass is 255 g/mol. The van der Waals surface area contributed by atoms with Gasteiger partial charge < -0.3 is 10.1 Å². The van der Waals surface area contributed by atoms with Gasteiger partial charge in [0.25, 0.3) is 0 Å². The fourth-order valence-electron chi connectivity index (χ4n) is 1.21. The van der Waals surface area contributed by atoms with E-state index in [9.17, 15) is 9.59 Å². The molecule has 0 heterocycles. The van der Waals surface area contributed by atoms with Crippen molar-refractivity contribution in [2.75, 3.05) is 7.11 Å². The van der Waals surface area contributed by atoms with E-state index in [0.29, 0.717) is 12.1 Å². The highest BCUT2D eigenvalue weighted by molar-refractivity contribution is 6.30. The first kappa shape index (κ1) is 13.5. The maximum Gasteiger partial charge on any atom is 0.337 e. The van der Waals surface area contributed by atoms with Gasteiger partial charge in [-0.3, -0.25) is 4.79 Å². The summed E-state index contributed by atoms with van der Waals surface area (Å²) in [5, 5.41) is 2.12. The smallest absolute Gasteiger partial charge is 0.337 e. The molecule has 0 aliphatic rings. The van der Waals surface area contributed by atoms with Gasteiger partial charge in [-0.25, -0.2) is 4.79 Å². The number of rotatable bonds is 4. The second-order valence-corrected chi connectivity index (χ2v) is 4.18. The van der Waals surface area contributed by atoms with Gasteiger partial charge in [0.05, 0.1) is 12.7 Å². The number of ether oxygens (including phenoxy) is 1. The van der Waals surface area contributed by atoms with E-state index in [0.717, 1.165) is 5.56 Å². The van der Waals surface area contributed by atoms with Crippen molar-refractivity contribution in [2.45, 2.75) is 18.8 Å². The van der Waals surface area contributed by atoms with Gasteiger partial charge in [-0.2, -0.15) is 0 Å². The van der Waals surface area contributed by atoms with Crippen LogP contribution < -0.4 is 5.32 Å². The van der Waals surface area contributed by atoms with Gasteiger partial charge >= 0.3 is 5.97 Å². The van der Waals surface area contributed by atoms with Gasteiger partial charge in [0.15, 0.2) is 0 Å². The summed E-state index contributed by atoms with van der Waals surface area (Å²) in [5.74, 6) is -0.598. The normalized spacial score (nSPS) is 11.7. The van der Waals surface area contributed by atoms with Gasteiger partial charge in [-0.1, -0.05) is 12.1 Å². The summed E-state index contributed by atoms with van der Waals surface area (Å²) in [4.78, 5) is 22.4. The first-order chi connectivity index (χ1) is 8.04. The Morgan fingerprint density at radius 2 is 1.94 bits per heavy atom. The fraction of sp³-hybridized carbons (Fsp3) is 0.333. The van der Waals surface area contributed by atoms with E-state index < -0.39 is 5.38 Å². The average molecular weight is 256 g/mol. The molecule has 0 fully saturated rings. The Balaban J connectivity index is 2.57. The highest BCUT2D eigenvalue weighted by Gasteiger charge is 2.08. The number of nitrogens with one attached hydrogen (secondary N) is 1. The molecule has 92 valence electrons. The molecule has 1 aromatic rings. The molecule has 0 unspecified atom stereocenters. The first-order valence-corrected chi connectivity index (χ1v) is 5.57. The van der Waals surface area contributed by atoms with Crippen LogP contribution in [0, 0.1) is 0 Å². The van der Waals surface area contributed by atoms with Crippen molar-refractivity contribution in [1.82, 2.24) is 5.32 Å². The molecule has 1 aromatic carbocycles.